The van der Waals surface area contributed by atoms with Gasteiger partial charge in [-0.05, 0) is 25.2 Å². The molecule has 0 fully saturated rings. The van der Waals surface area contributed by atoms with E-state index in [0.717, 1.165) is 19.3 Å². The largest absolute Gasteiger partial charge is 0.151 e. The van der Waals surface area contributed by atoms with E-state index in [0.29, 0.717) is 5.92 Å². The molecule has 0 rings (SSSR count). The molecule has 0 saturated heterocycles. The zero-order valence-electron chi connectivity index (χ0n) is 7.13. The summed E-state index contributed by atoms with van der Waals surface area (Å²) in [5.41, 5.74) is 0. The number of hydrogen-bond donors (Lipinski definition) is 0. The van der Waals surface area contributed by atoms with Crippen LogP contribution < -0.4 is 0 Å². The average Bonchev–Trinajstić information content (AvgIpc) is 1.90. The Morgan fingerprint density at radius 3 is 2.20 bits per heavy atom. The Hall–Kier alpha value is -0.400. The minimum Gasteiger partial charge on any atom is -0.151 e. The Kier molecular flexibility index (Phi) is 5.17. The van der Waals surface area contributed by atoms with E-state index in [2.05, 4.69) is 19.0 Å². The zero-order chi connectivity index (χ0) is 7.98. The highest BCUT2D eigenvalue weighted by Crippen LogP contribution is 2.11. The highest BCUT2D eigenvalue weighted by Gasteiger charge is 2.05. The van der Waals surface area contributed by atoms with E-state index >= 15 is 0 Å². The van der Waals surface area contributed by atoms with Crippen LogP contribution in [0.5, 0.6) is 0 Å². The molecule has 1 unspecified atom stereocenters. The summed E-state index contributed by atoms with van der Waals surface area (Å²) in [6.07, 6.45) is 2.96. The first kappa shape index (κ1) is 9.60. The van der Waals surface area contributed by atoms with Gasteiger partial charge in [-0.2, -0.15) is 4.91 Å². The third-order valence-electron chi connectivity index (χ3n) is 1.70. The molecule has 0 amide bonds. The van der Waals surface area contributed by atoms with Crippen LogP contribution in [0.15, 0.2) is 5.18 Å². The Labute approximate surface area is 63.0 Å². The van der Waals surface area contributed by atoms with Gasteiger partial charge in [0.15, 0.2) is 0 Å². The van der Waals surface area contributed by atoms with Crippen molar-refractivity contribution in [3.8, 4) is 0 Å². The molecule has 0 bridgehead atoms. The highest BCUT2D eigenvalue weighted by molar-refractivity contribution is 4.63. The van der Waals surface area contributed by atoms with Crippen molar-refractivity contribution in [3.05, 3.63) is 4.91 Å². The van der Waals surface area contributed by atoms with Crippen molar-refractivity contribution < 1.29 is 0 Å². The summed E-state index contributed by atoms with van der Waals surface area (Å²) in [6.45, 7) is 6.33. The lowest BCUT2D eigenvalue weighted by Crippen LogP contribution is -2.02. The van der Waals surface area contributed by atoms with Gasteiger partial charge in [0.25, 0.3) is 0 Å². The summed E-state index contributed by atoms with van der Waals surface area (Å²) in [5.74, 6) is 0.691. The van der Waals surface area contributed by atoms with E-state index in [-0.39, 0.29) is 6.04 Å². The number of rotatable bonds is 5. The molecule has 60 valence electrons. The molecular formula is C8H17NO. The molecule has 2 nitrogen and oxygen atoms in total. The molecule has 0 aliphatic carbocycles. The molecule has 2 heteroatoms. The molecule has 0 radical (unpaired) electrons. The topological polar surface area (TPSA) is 29.4 Å². The maximum atomic E-state index is 10.1. The summed E-state index contributed by atoms with van der Waals surface area (Å²) in [6, 6.07) is 0.0578. The van der Waals surface area contributed by atoms with Gasteiger partial charge in [-0.25, -0.2) is 0 Å². The molecule has 0 saturated carbocycles. The number of nitrogens with zero attached hydrogens (tertiary/aromatic N) is 1. The first-order valence-electron chi connectivity index (χ1n) is 4.03. The van der Waals surface area contributed by atoms with Crippen LogP contribution in [0.4, 0.5) is 0 Å². The van der Waals surface area contributed by atoms with Crippen LogP contribution in [0.2, 0.25) is 0 Å². The van der Waals surface area contributed by atoms with Crippen LogP contribution in [0.1, 0.15) is 40.0 Å². The van der Waals surface area contributed by atoms with E-state index in [1.165, 1.54) is 0 Å². The Morgan fingerprint density at radius 2 is 1.90 bits per heavy atom. The van der Waals surface area contributed by atoms with Crippen LogP contribution in [0.3, 0.4) is 0 Å². The molecule has 0 aliphatic heterocycles. The van der Waals surface area contributed by atoms with Gasteiger partial charge in [-0.15, -0.1) is 0 Å². The average molecular weight is 143 g/mol. The fourth-order valence-electron chi connectivity index (χ4n) is 0.857. The quantitative estimate of drug-likeness (QED) is 0.544. The van der Waals surface area contributed by atoms with Gasteiger partial charge < -0.3 is 0 Å². The van der Waals surface area contributed by atoms with Gasteiger partial charge in [0.2, 0.25) is 0 Å². The molecule has 0 aromatic heterocycles. The van der Waals surface area contributed by atoms with Crippen LogP contribution in [-0.4, -0.2) is 6.04 Å². The molecule has 0 aromatic carbocycles. The first-order chi connectivity index (χ1) is 4.70. The van der Waals surface area contributed by atoms with Crippen LogP contribution in [0, 0.1) is 10.8 Å². The van der Waals surface area contributed by atoms with E-state index < -0.39 is 0 Å². The molecule has 10 heavy (non-hydrogen) atoms. The minimum atomic E-state index is 0.0578. The fraction of sp³-hybridized carbons (Fsp3) is 1.00. The smallest absolute Gasteiger partial charge is 0.0917 e. The van der Waals surface area contributed by atoms with Gasteiger partial charge in [0, 0.05) is 0 Å². The van der Waals surface area contributed by atoms with E-state index in [9.17, 15) is 4.91 Å². The second kappa shape index (κ2) is 5.39. The maximum Gasteiger partial charge on any atom is 0.0917 e. The molecule has 0 N–H and O–H groups in total. The van der Waals surface area contributed by atoms with Crippen molar-refractivity contribution in [2.45, 2.75) is 46.1 Å². The van der Waals surface area contributed by atoms with Crippen molar-refractivity contribution in [2.75, 3.05) is 0 Å². The summed E-state index contributed by atoms with van der Waals surface area (Å²) in [4.78, 5) is 10.1. The molecule has 1 atom stereocenters. The predicted octanol–water partition coefficient (Wildman–Crippen LogP) is 2.97. The highest BCUT2D eigenvalue weighted by atomic mass is 16.3. The number of nitroso groups, excluding NO2 is 1. The summed E-state index contributed by atoms with van der Waals surface area (Å²) in [5, 5.41) is 3.03. The van der Waals surface area contributed by atoms with Crippen LogP contribution >= 0.6 is 0 Å². The minimum absolute atomic E-state index is 0.0578. The van der Waals surface area contributed by atoms with Gasteiger partial charge in [-0.3, -0.25) is 0 Å². The summed E-state index contributed by atoms with van der Waals surface area (Å²) in [7, 11) is 0. The first-order valence-corrected chi connectivity index (χ1v) is 4.03. The van der Waals surface area contributed by atoms with Crippen molar-refractivity contribution in [1.82, 2.24) is 0 Å². The second-order valence-corrected chi connectivity index (χ2v) is 3.14. The van der Waals surface area contributed by atoms with E-state index in [4.69, 9.17) is 0 Å². The van der Waals surface area contributed by atoms with Gasteiger partial charge in [0.05, 0.1) is 6.04 Å². The lowest BCUT2D eigenvalue weighted by molar-refractivity contribution is 0.489. The van der Waals surface area contributed by atoms with Gasteiger partial charge in [-0.1, -0.05) is 25.9 Å². The molecule has 0 aliphatic rings. The third-order valence-corrected chi connectivity index (χ3v) is 1.70. The maximum absolute atomic E-state index is 10.1. The van der Waals surface area contributed by atoms with E-state index in [1.807, 2.05) is 6.92 Å². The molecular weight excluding hydrogens is 126 g/mol. The summed E-state index contributed by atoms with van der Waals surface area (Å²) < 4.78 is 0. The zero-order valence-corrected chi connectivity index (χ0v) is 7.13. The van der Waals surface area contributed by atoms with Crippen molar-refractivity contribution in [3.63, 3.8) is 0 Å². The molecule has 0 aromatic rings. The van der Waals surface area contributed by atoms with Crippen molar-refractivity contribution >= 4 is 0 Å². The SMILES string of the molecule is CCC(CCC(C)C)N=O. The van der Waals surface area contributed by atoms with Crippen molar-refractivity contribution in [1.29, 1.82) is 0 Å². The molecule has 0 heterocycles. The van der Waals surface area contributed by atoms with Crippen LogP contribution in [0.25, 0.3) is 0 Å². The van der Waals surface area contributed by atoms with Crippen molar-refractivity contribution in [2.24, 2.45) is 11.1 Å². The Morgan fingerprint density at radius 1 is 1.30 bits per heavy atom. The fourth-order valence-corrected chi connectivity index (χ4v) is 0.857. The third kappa shape index (κ3) is 4.48. The molecule has 0 spiro atoms. The monoisotopic (exact) mass is 143 g/mol. The number of hydrogen-bond acceptors (Lipinski definition) is 2. The van der Waals surface area contributed by atoms with E-state index in [1.54, 1.807) is 0 Å². The lowest BCUT2D eigenvalue weighted by atomic mass is 10.0. The second-order valence-electron chi connectivity index (χ2n) is 3.14. The predicted molar refractivity (Wildman–Crippen MR) is 43.9 cm³/mol. The Balaban J connectivity index is 3.34. The standard InChI is InChI=1S/C8H17NO/c1-4-8(9-10)6-5-7(2)3/h7-8H,4-6H2,1-3H3. The Bertz CT molecular complexity index is 91.3. The lowest BCUT2D eigenvalue weighted by Gasteiger charge is -2.06. The normalized spacial score (nSPS) is 13.6. The summed E-state index contributed by atoms with van der Waals surface area (Å²) >= 11 is 0. The van der Waals surface area contributed by atoms with Gasteiger partial charge in [0.1, 0.15) is 0 Å². The van der Waals surface area contributed by atoms with Crippen LogP contribution in [-0.2, 0) is 0 Å². The van der Waals surface area contributed by atoms with Gasteiger partial charge >= 0.3 is 0 Å².